The summed E-state index contributed by atoms with van der Waals surface area (Å²) in [6, 6.07) is 12.7. The van der Waals surface area contributed by atoms with Crippen LogP contribution in [0.3, 0.4) is 0 Å². The molecule has 6 heteroatoms. The van der Waals surface area contributed by atoms with Gasteiger partial charge < -0.3 is 19.5 Å². The fourth-order valence-electron chi connectivity index (χ4n) is 2.85. The summed E-state index contributed by atoms with van der Waals surface area (Å²) in [5, 5.41) is 2.91. The molecule has 0 saturated carbocycles. The average Bonchev–Trinajstić information content (AvgIpc) is 2.72. The highest BCUT2D eigenvalue weighted by atomic mass is 16.5. The van der Waals surface area contributed by atoms with E-state index in [1.54, 1.807) is 18.2 Å². The third-order valence-electron chi connectivity index (χ3n) is 4.34. The van der Waals surface area contributed by atoms with Crippen molar-refractivity contribution in [3.05, 3.63) is 59.2 Å². The van der Waals surface area contributed by atoms with Crippen molar-refractivity contribution in [1.29, 1.82) is 0 Å². The molecule has 1 amide bonds. The maximum atomic E-state index is 12.3. The van der Waals surface area contributed by atoms with Crippen LogP contribution in [-0.4, -0.2) is 31.7 Å². The Labute approximate surface area is 172 Å². The lowest BCUT2D eigenvalue weighted by atomic mass is 10.0. The van der Waals surface area contributed by atoms with E-state index in [4.69, 9.17) is 14.2 Å². The first kappa shape index (κ1) is 22.3. The molecule has 0 aromatic heterocycles. The van der Waals surface area contributed by atoms with Gasteiger partial charge in [-0.3, -0.25) is 4.79 Å². The van der Waals surface area contributed by atoms with Crippen LogP contribution in [0.25, 0.3) is 0 Å². The van der Waals surface area contributed by atoms with Crippen LogP contribution in [0.1, 0.15) is 54.7 Å². The predicted molar refractivity (Wildman–Crippen MR) is 111 cm³/mol. The summed E-state index contributed by atoms with van der Waals surface area (Å²) in [5.74, 6) is 0.0977. The van der Waals surface area contributed by atoms with E-state index in [1.807, 2.05) is 52.0 Å². The molecule has 29 heavy (non-hydrogen) atoms. The van der Waals surface area contributed by atoms with Gasteiger partial charge in [0.05, 0.1) is 24.8 Å². The summed E-state index contributed by atoms with van der Waals surface area (Å²) in [6.07, 6.45) is 0.735. The van der Waals surface area contributed by atoms with Crippen LogP contribution in [0.5, 0.6) is 11.5 Å². The number of nitrogens with one attached hydrogen (secondary N) is 1. The van der Waals surface area contributed by atoms with E-state index in [-0.39, 0.29) is 18.6 Å². The zero-order valence-electron chi connectivity index (χ0n) is 17.5. The molecule has 2 aromatic carbocycles. The number of aryl methyl sites for hydroxylation is 1. The lowest BCUT2D eigenvalue weighted by molar-refractivity contribution is -0.125. The number of ether oxygens (including phenoxy) is 3. The molecule has 156 valence electrons. The number of esters is 1. The Bertz CT molecular complexity index is 817. The molecule has 0 fully saturated rings. The number of hydrogen-bond acceptors (Lipinski definition) is 5. The van der Waals surface area contributed by atoms with Gasteiger partial charge in [0.25, 0.3) is 5.91 Å². The number of carbonyl (C=O) groups is 2. The van der Waals surface area contributed by atoms with Crippen LogP contribution < -0.4 is 14.8 Å². The maximum absolute atomic E-state index is 12.3. The molecule has 0 bridgehead atoms. The first-order chi connectivity index (χ1) is 14.0. The molecule has 0 spiro atoms. The Kier molecular flexibility index (Phi) is 8.52. The van der Waals surface area contributed by atoms with Crippen LogP contribution in [0.2, 0.25) is 0 Å². The minimum Gasteiger partial charge on any atom is -0.490 e. The number of benzene rings is 2. The van der Waals surface area contributed by atoms with Crippen molar-refractivity contribution in [2.24, 2.45) is 0 Å². The van der Waals surface area contributed by atoms with Gasteiger partial charge in [-0.1, -0.05) is 36.8 Å². The van der Waals surface area contributed by atoms with Gasteiger partial charge in [0.1, 0.15) is 0 Å². The van der Waals surface area contributed by atoms with Crippen molar-refractivity contribution in [1.82, 2.24) is 5.32 Å². The summed E-state index contributed by atoms with van der Waals surface area (Å²) in [6.45, 7) is 8.31. The van der Waals surface area contributed by atoms with Crippen molar-refractivity contribution in [3.8, 4) is 11.5 Å². The molecular weight excluding hydrogens is 370 g/mol. The van der Waals surface area contributed by atoms with Crippen molar-refractivity contribution < 1.29 is 23.8 Å². The molecule has 0 aliphatic rings. The van der Waals surface area contributed by atoms with Crippen molar-refractivity contribution in [2.75, 3.05) is 19.8 Å². The fraction of sp³-hybridized carbons (Fsp3) is 0.391. The normalized spacial score (nSPS) is 11.4. The smallest absolute Gasteiger partial charge is 0.338 e. The van der Waals surface area contributed by atoms with Crippen molar-refractivity contribution in [2.45, 2.75) is 40.2 Å². The average molecular weight is 399 g/mol. The molecule has 0 radical (unpaired) electrons. The quantitative estimate of drug-likeness (QED) is 0.606. The molecule has 0 heterocycles. The van der Waals surface area contributed by atoms with E-state index >= 15 is 0 Å². The summed E-state index contributed by atoms with van der Waals surface area (Å²) in [5.41, 5.74) is 2.48. The monoisotopic (exact) mass is 399 g/mol. The third kappa shape index (κ3) is 6.52. The second kappa shape index (κ2) is 11.1. The molecule has 1 N–H and O–H groups in total. The Morgan fingerprint density at radius 1 is 0.931 bits per heavy atom. The summed E-state index contributed by atoms with van der Waals surface area (Å²) >= 11 is 0. The Hall–Kier alpha value is -3.02. The van der Waals surface area contributed by atoms with Gasteiger partial charge in [0, 0.05) is 0 Å². The number of amides is 1. The molecule has 2 rings (SSSR count). The van der Waals surface area contributed by atoms with Gasteiger partial charge in [-0.2, -0.15) is 0 Å². The first-order valence-electron chi connectivity index (χ1n) is 9.91. The molecule has 1 atom stereocenters. The van der Waals surface area contributed by atoms with E-state index in [0.29, 0.717) is 30.3 Å². The van der Waals surface area contributed by atoms with E-state index in [1.165, 1.54) is 0 Å². The standard InChI is InChI=1S/C23H29NO5/c1-5-19(17-10-8-16(4)9-11-17)24-22(25)15-29-23(26)18-12-13-20(27-6-2)21(14-18)28-7-3/h8-14,19H,5-7,15H2,1-4H3,(H,24,25)/t19-/m1/s1. The minimum absolute atomic E-state index is 0.128. The van der Waals surface area contributed by atoms with Gasteiger partial charge in [-0.05, 0) is 51.0 Å². The summed E-state index contributed by atoms with van der Waals surface area (Å²) in [4.78, 5) is 24.6. The molecule has 2 aromatic rings. The highest BCUT2D eigenvalue weighted by Crippen LogP contribution is 2.28. The Balaban J connectivity index is 1.96. The van der Waals surface area contributed by atoms with E-state index in [9.17, 15) is 9.59 Å². The van der Waals surface area contributed by atoms with Crippen molar-refractivity contribution >= 4 is 11.9 Å². The zero-order valence-corrected chi connectivity index (χ0v) is 17.5. The molecule has 0 saturated heterocycles. The van der Waals surface area contributed by atoms with Crippen molar-refractivity contribution in [3.63, 3.8) is 0 Å². The van der Waals surface area contributed by atoms with Crippen LogP contribution >= 0.6 is 0 Å². The molecule has 0 unspecified atom stereocenters. The van der Waals surface area contributed by atoms with Gasteiger partial charge in [-0.25, -0.2) is 4.79 Å². The predicted octanol–water partition coefficient (Wildman–Crippen LogP) is 4.22. The molecule has 0 aliphatic carbocycles. The first-order valence-corrected chi connectivity index (χ1v) is 9.91. The van der Waals surface area contributed by atoms with Crippen LogP contribution in [0.4, 0.5) is 0 Å². The van der Waals surface area contributed by atoms with E-state index in [0.717, 1.165) is 17.5 Å². The Morgan fingerprint density at radius 3 is 2.21 bits per heavy atom. The highest BCUT2D eigenvalue weighted by molar-refractivity contribution is 5.92. The van der Waals surface area contributed by atoms with E-state index < -0.39 is 5.97 Å². The largest absolute Gasteiger partial charge is 0.490 e. The van der Waals surface area contributed by atoms with Crippen LogP contribution in [0, 0.1) is 6.92 Å². The minimum atomic E-state index is -0.590. The lowest BCUT2D eigenvalue weighted by Gasteiger charge is -2.18. The molecular formula is C23H29NO5. The fourth-order valence-corrected chi connectivity index (χ4v) is 2.85. The SMILES string of the molecule is CCOc1ccc(C(=O)OCC(=O)N[C@H](CC)c2ccc(C)cc2)cc1OCC. The summed E-state index contributed by atoms with van der Waals surface area (Å²) in [7, 11) is 0. The van der Waals surface area contributed by atoms with Gasteiger partial charge in [0.15, 0.2) is 18.1 Å². The van der Waals surface area contributed by atoms with Gasteiger partial charge in [-0.15, -0.1) is 0 Å². The van der Waals surface area contributed by atoms with E-state index in [2.05, 4.69) is 5.32 Å². The van der Waals surface area contributed by atoms with Crippen LogP contribution in [-0.2, 0) is 9.53 Å². The molecule has 0 aliphatic heterocycles. The second-order valence-electron chi connectivity index (χ2n) is 6.54. The number of carbonyl (C=O) groups excluding carboxylic acids is 2. The van der Waals surface area contributed by atoms with Crippen LogP contribution in [0.15, 0.2) is 42.5 Å². The Morgan fingerprint density at radius 2 is 1.59 bits per heavy atom. The lowest BCUT2D eigenvalue weighted by Crippen LogP contribution is -2.32. The zero-order chi connectivity index (χ0) is 21.2. The van der Waals surface area contributed by atoms with Gasteiger partial charge >= 0.3 is 5.97 Å². The third-order valence-corrected chi connectivity index (χ3v) is 4.34. The summed E-state index contributed by atoms with van der Waals surface area (Å²) < 4.78 is 16.2. The van der Waals surface area contributed by atoms with Gasteiger partial charge in [0.2, 0.25) is 0 Å². The highest BCUT2D eigenvalue weighted by Gasteiger charge is 2.16. The number of hydrogen-bond donors (Lipinski definition) is 1. The second-order valence-corrected chi connectivity index (χ2v) is 6.54. The maximum Gasteiger partial charge on any atom is 0.338 e. The molecule has 6 nitrogen and oxygen atoms in total. The topological polar surface area (TPSA) is 73.9 Å². The number of rotatable bonds is 10.